The summed E-state index contributed by atoms with van der Waals surface area (Å²) in [4.78, 5) is 0. The van der Waals surface area contributed by atoms with Crippen molar-refractivity contribution in [3.8, 4) is 22.3 Å². The molecule has 2 fully saturated rings. The van der Waals surface area contributed by atoms with Gasteiger partial charge in [-0.15, -0.1) is 93.9 Å². The Morgan fingerprint density at radius 2 is 0.800 bits per heavy atom. The van der Waals surface area contributed by atoms with Crippen molar-refractivity contribution in [2.75, 3.05) is 0 Å². The van der Waals surface area contributed by atoms with Gasteiger partial charge < -0.3 is 14.9 Å². The van der Waals surface area contributed by atoms with Crippen LogP contribution in [0.4, 0.5) is 0 Å². The molecule has 0 aromatic heterocycles. The fraction of sp³-hybridized carbons (Fsp3) is 0.429. The second-order valence-electron chi connectivity index (χ2n) is 17.7. The van der Waals surface area contributed by atoms with Crippen molar-refractivity contribution in [2.45, 2.75) is 143 Å². The first kappa shape index (κ1) is 53.9. The summed E-state index contributed by atoms with van der Waals surface area (Å²) in [6.45, 7) is 12.2. The minimum absolute atomic E-state index is 0. The van der Waals surface area contributed by atoms with Crippen molar-refractivity contribution in [3.63, 3.8) is 0 Å². The first-order valence-corrected chi connectivity index (χ1v) is 26.3. The summed E-state index contributed by atoms with van der Waals surface area (Å²) in [6.07, 6.45) is 25.1. The predicted octanol–water partition coefficient (Wildman–Crippen LogP) is 17.8. The second kappa shape index (κ2) is 26.4. The van der Waals surface area contributed by atoms with Crippen LogP contribution in [0.15, 0.2) is 109 Å². The topological polar surface area (TPSA) is 0 Å². The monoisotopic (exact) mass is 934 g/mol. The Morgan fingerprint density at radius 3 is 1.12 bits per heavy atom. The van der Waals surface area contributed by atoms with Crippen LogP contribution in [-0.4, -0.2) is 6.88 Å². The van der Waals surface area contributed by atoms with Crippen molar-refractivity contribution in [1.29, 1.82) is 0 Å². The van der Waals surface area contributed by atoms with Crippen LogP contribution in [0.2, 0.25) is 0 Å². The molecule has 0 heterocycles. The molecule has 324 valence electrons. The van der Waals surface area contributed by atoms with Gasteiger partial charge in [-0.25, -0.2) is 0 Å². The zero-order chi connectivity index (χ0) is 39.4. The first-order valence-electron chi connectivity index (χ1n) is 22.1. The summed E-state index contributed by atoms with van der Waals surface area (Å²) in [5.74, 6) is 0. The van der Waals surface area contributed by atoms with Crippen molar-refractivity contribution >= 4 is 53.2 Å². The molecule has 4 heteroatoms. The molecule has 0 amide bonds. The number of hydrogen-bond donors (Lipinski definition) is 0. The Labute approximate surface area is 396 Å². The molecule has 6 aromatic rings. The van der Waals surface area contributed by atoms with E-state index in [4.69, 9.17) is 0 Å². The number of halogens is 2. The average Bonchev–Trinajstić information content (AvgIpc) is 3.82. The maximum atomic E-state index is 3.06. The van der Waals surface area contributed by atoms with Crippen molar-refractivity contribution in [2.24, 2.45) is 10.8 Å². The molecule has 0 saturated heterocycles. The number of fused-ring (bicyclic) bond motifs is 2. The fourth-order valence-corrected chi connectivity index (χ4v) is 10.3. The zero-order valence-corrected chi connectivity index (χ0v) is 43.0. The molecule has 0 nitrogen and oxygen atoms in total. The summed E-state index contributed by atoms with van der Waals surface area (Å²) >= 11 is 1.36. The summed E-state index contributed by atoms with van der Waals surface area (Å²) in [5, 5.41) is 5.65. The average molecular weight is 937 g/mol. The quantitative estimate of drug-likeness (QED) is 0.105. The van der Waals surface area contributed by atoms with E-state index >= 15 is 0 Å². The molecule has 2 saturated carbocycles. The standard InChI is InChI=1S/2C27H33.2CH3.2ClH.Si.Zr/c2*1-3-27(16-7-5-4-6-8-17-27)20-22-18-24-10-9-11-25(26(24)19-22)23-14-12-21(2)13-15-23;;;;;;/h2*9-15,18-19H,3-8,16-17,20H2,1-2H3;2*1H3;2*1H;;/q4*-1;;;;. The zero-order valence-electron chi connectivity index (χ0n) is 37.9. The van der Waals surface area contributed by atoms with Crippen LogP contribution in [0.3, 0.4) is 0 Å². The molecule has 60 heavy (non-hydrogen) atoms. The van der Waals surface area contributed by atoms with E-state index in [1.807, 2.05) is 0 Å². The van der Waals surface area contributed by atoms with Crippen LogP contribution in [0, 0.1) is 39.5 Å². The Morgan fingerprint density at radius 1 is 0.483 bits per heavy atom. The van der Waals surface area contributed by atoms with Gasteiger partial charge in [-0.1, -0.05) is 174 Å². The van der Waals surface area contributed by atoms with Gasteiger partial charge in [0.25, 0.3) is 0 Å². The molecular weight excluding hydrogens is 863 g/mol. The summed E-state index contributed by atoms with van der Waals surface area (Å²) in [6, 6.07) is 41.4. The van der Waals surface area contributed by atoms with Crippen LogP contribution in [0.25, 0.3) is 43.8 Å². The van der Waals surface area contributed by atoms with Crippen molar-refractivity contribution in [3.05, 3.63) is 146 Å². The molecular formula is C56H74Cl2SiZr-4. The summed E-state index contributed by atoms with van der Waals surface area (Å²) in [7, 11) is 0. The van der Waals surface area contributed by atoms with Crippen LogP contribution >= 0.6 is 24.8 Å². The molecule has 0 N–H and O–H groups in total. The molecule has 0 atom stereocenters. The summed E-state index contributed by atoms with van der Waals surface area (Å²) < 4.78 is 0. The predicted molar refractivity (Wildman–Crippen MR) is 270 cm³/mol. The van der Waals surface area contributed by atoms with Crippen molar-refractivity contribution < 1.29 is 23.3 Å². The van der Waals surface area contributed by atoms with Crippen LogP contribution in [0.1, 0.15) is 139 Å². The molecule has 2 aliphatic rings. The van der Waals surface area contributed by atoms with Gasteiger partial charge in [0.05, 0.1) is 0 Å². The van der Waals surface area contributed by atoms with Gasteiger partial charge in [0.1, 0.15) is 0 Å². The van der Waals surface area contributed by atoms with Crippen LogP contribution in [0.5, 0.6) is 0 Å². The van der Waals surface area contributed by atoms with E-state index in [0.717, 1.165) is 0 Å². The van der Waals surface area contributed by atoms with Gasteiger partial charge in [-0.3, -0.25) is 0 Å². The first-order chi connectivity index (χ1) is 27.4. The van der Waals surface area contributed by atoms with Gasteiger partial charge >= 0.3 is 30.2 Å². The van der Waals surface area contributed by atoms with E-state index in [-0.39, 0.29) is 39.7 Å². The molecule has 2 aliphatic carbocycles. The SMILES string of the molecule is CCC1(Cc2cc3c(-c4ccc(C)cc4)cccc3[cH-]2)CCCCCCC1.CCC1(Cc2cc3c(-c4ccc(C)cc4)cccc3[cH-]2)CCCCCCC1.Cl.Cl.[CH3-].[CH3-].[Si]=[Zr]. The molecule has 2 radical (unpaired) electrons. The van der Waals surface area contributed by atoms with E-state index in [0.29, 0.717) is 10.8 Å². The van der Waals surface area contributed by atoms with Gasteiger partial charge in [-0.2, -0.15) is 12.1 Å². The third kappa shape index (κ3) is 13.9. The Kier molecular flexibility index (Phi) is 23.7. The minimum atomic E-state index is 0. The van der Waals surface area contributed by atoms with E-state index in [2.05, 4.69) is 144 Å². The molecule has 6 aromatic carbocycles. The Bertz CT molecular complexity index is 1940. The van der Waals surface area contributed by atoms with Gasteiger partial charge in [0.15, 0.2) is 0 Å². The van der Waals surface area contributed by atoms with Gasteiger partial charge in [0.2, 0.25) is 0 Å². The number of benzene rings is 4. The number of aryl methyl sites for hydroxylation is 2. The van der Waals surface area contributed by atoms with Gasteiger partial charge in [0, 0.05) is 0 Å². The van der Waals surface area contributed by atoms with E-state index in [1.54, 1.807) is 11.1 Å². The van der Waals surface area contributed by atoms with Crippen molar-refractivity contribution in [1.82, 2.24) is 0 Å². The molecule has 8 rings (SSSR count). The van der Waals surface area contributed by atoms with Crippen LogP contribution in [-0.2, 0) is 36.2 Å². The fourth-order valence-electron chi connectivity index (χ4n) is 10.3. The molecule has 0 unspecified atom stereocenters. The molecule has 0 bridgehead atoms. The number of hydrogen-bond acceptors (Lipinski definition) is 0. The normalized spacial score (nSPS) is 15.8. The third-order valence-corrected chi connectivity index (χ3v) is 13.8. The summed E-state index contributed by atoms with van der Waals surface area (Å²) in [5.41, 5.74) is 12.2. The Balaban J connectivity index is 0.000000373. The third-order valence-electron chi connectivity index (χ3n) is 13.8. The van der Waals surface area contributed by atoms with E-state index in [1.165, 1.54) is 194 Å². The van der Waals surface area contributed by atoms with Crippen LogP contribution < -0.4 is 0 Å². The van der Waals surface area contributed by atoms with E-state index < -0.39 is 0 Å². The Hall–Kier alpha value is -2.22. The maximum absolute atomic E-state index is 3.06. The molecule has 0 aliphatic heterocycles. The van der Waals surface area contributed by atoms with E-state index in [9.17, 15) is 0 Å². The molecule has 0 spiro atoms. The van der Waals surface area contributed by atoms with Gasteiger partial charge in [-0.05, 0) is 74.3 Å². The second-order valence-corrected chi connectivity index (χ2v) is 17.7. The number of rotatable bonds is 8.